The fourth-order valence-electron chi connectivity index (χ4n) is 4.32. The molecule has 0 aliphatic heterocycles. The number of hydrogen-bond donors (Lipinski definition) is 0. The molecule has 2 bridgehead atoms. The van der Waals surface area contributed by atoms with Crippen LogP contribution in [0.1, 0.15) is 44.6 Å². The number of hydrogen-bond acceptors (Lipinski definition) is 0. The summed E-state index contributed by atoms with van der Waals surface area (Å²) in [6.45, 7) is 4.92. The molecule has 3 rings (SSSR count). The zero-order valence-electron chi connectivity index (χ0n) is 10.4. The molecule has 0 amide bonds. The molecule has 86 valence electrons. The van der Waals surface area contributed by atoms with Gasteiger partial charge in [0.15, 0.2) is 0 Å². The van der Waals surface area contributed by atoms with Crippen LogP contribution in [0.25, 0.3) is 0 Å². The van der Waals surface area contributed by atoms with Gasteiger partial charge in [0.05, 0.1) is 0 Å². The monoisotopic (exact) mass is 214 g/mol. The maximum Gasteiger partial charge on any atom is -0.0159 e. The first kappa shape index (κ1) is 10.4. The van der Waals surface area contributed by atoms with E-state index in [4.69, 9.17) is 0 Å². The molecule has 2 saturated carbocycles. The summed E-state index contributed by atoms with van der Waals surface area (Å²) in [6, 6.07) is 11.1. The highest BCUT2D eigenvalue weighted by Crippen LogP contribution is 2.56. The summed E-state index contributed by atoms with van der Waals surface area (Å²) in [7, 11) is 0. The fraction of sp³-hybridized carbons (Fsp3) is 0.625. The largest absolute Gasteiger partial charge is 0.0622 e. The summed E-state index contributed by atoms with van der Waals surface area (Å²) >= 11 is 0. The van der Waals surface area contributed by atoms with Gasteiger partial charge < -0.3 is 0 Å². The summed E-state index contributed by atoms with van der Waals surface area (Å²) in [6.07, 6.45) is 4.49. The van der Waals surface area contributed by atoms with Crippen molar-refractivity contribution in [3.8, 4) is 0 Å². The van der Waals surface area contributed by atoms with Crippen molar-refractivity contribution in [1.29, 1.82) is 0 Å². The minimum atomic E-state index is 0.763. The van der Waals surface area contributed by atoms with Crippen molar-refractivity contribution >= 4 is 0 Å². The van der Waals surface area contributed by atoms with Crippen LogP contribution < -0.4 is 0 Å². The van der Waals surface area contributed by atoms with E-state index in [1.165, 1.54) is 19.3 Å². The molecular weight excluding hydrogens is 192 g/mol. The molecule has 16 heavy (non-hydrogen) atoms. The number of benzene rings is 1. The van der Waals surface area contributed by atoms with E-state index in [1.807, 2.05) is 0 Å². The van der Waals surface area contributed by atoms with Gasteiger partial charge in [0.25, 0.3) is 0 Å². The average molecular weight is 214 g/mol. The van der Waals surface area contributed by atoms with Crippen molar-refractivity contribution in [2.45, 2.75) is 39.0 Å². The molecule has 2 aliphatic rings. The van der Waals surface area contributed by atoms with Crippen molar-refractivity contribution in [2.75, 3.05) is 0 Å². The van der Waals surface area contributed by atoms with Gasteiger partial charge in [0, 0.05) is 0 Å². The summed E-state index contributed by atoms with van der Waals surface area (Å²) in [5.41, 5.74) is 1.55. The normalized spacial score (nSPS) is 38.9. The van der Waals surface area contributed by atoms with Gasteiger partial charge in [-0.25, -0.2) is 0 Å². The van der Waals surface area contributed by atoms with Crippen LogP contribution in [0.3, 0.4) is 0 Å². The Morgan fingerprint density at radius 3 is 2.44 bits per heavy atom. The van der Waals surface area contributed by atoms with E-state index >= 15 is 0 Å². The van der Waals surface area contributed by atoms with Gasteiger partial charge in [-0.15, -0.1) is 0 Å². The molecule has 0 saturated heterocycles. The standard InChI is InChI=1S/C16H22/c1-11(13-6-4-3-5-7-13)16-10-14-8-9-15(16)12(14)2/h3-7,11-12,14-16H,8-10H2,1-2H3/t11-,12?,14?,15?,16+/m0/s1. The third kappa shape index (κ3) is 1.50. The van der Waals surface area contributed by atoms with E-state index in [0.29, 0.717) is 0 Å². The number of rotatable bonds is 2. The average Bonchev–Trinajstić information content (AvgIpc) is 2.85. The molecule has 3 unspecified atom stereocenters. The quantitative estimate of drug-likeness (QED) is 0.681. The first-order valence-electron chi connectivity index (χ1n) is 6.82. The van der Waals surface area contributed by atoms with Gasteiger partial charge >= 0.3 is 0 Å². The predicted molar refractivity (Wildman–Crippen MR) is 68.3 cm³/mol. The van der Waals surface area contributed by atoms with Crippen molar-refractivity contribution in [3.05, 3.63) is 35.9 Å². The van der Waals surface area contributed by atoms with Gasteiger partial charge in [-0.3, -0.25) is 0 Å². The third-order valence-electron chi connectivity index (χ3n) is 5.38. The molecule has 1 aromatic carbocycles. The third-order valence-corrected chi connectivity index (χ3v) is 5.38. The van der Waals surface area contributed by atoms with E-state index in [-0.39, 0.29) is 0 Å². The first-order chi connectivity index (χ1) is 7.77. The zero-order chi connectivity index (χ0) is 11.1. The lowest BCUT2D eigenvalue weighted by Gasteiger charge is -2.28. The second kappa shape index (κ2) is 3.91. The molecular formula is C16H22. The minimum absolute atomic E-state index is 0.763. The topological polar surface area (TPSA) is 0 Å². The van der Waals surface area contributed by atoms with Crippen LogP contribution in [0.2, 0.25) is 0 Å². The van der Waals surface area contributed by atoms with Gasteiger partial charge in [-0.2, -0.15) is 0 Å². The molecule has 0 radical (unpaired) electrons. The second-order valence-corrected chi connectivity index (χ2v) is 5.96. The fourth-order valence-corrected chi connectivity index (χ4v) is 4.32. The Balaban J connectivity index is 1.80. The molecule has 2 fully saturated rings. The maximum absolute atomic E-state index is 2.49. The summed E-state index contributed by atoms with van der Waals surface area (Å²) in [5, 5.41) is 0. The van der Waals surface area contributed by atoms with Crippen molar-refractivity contribution < 1.29 is 0 Å². The van der Waals surface area contributed by atoms with E-state index in [0.717, 1.165) is 29.6 Å². The first-order valence-corrected chi connectivity index (χ1v) is 6.82. The highest BCUT2D eigenvalue weighted by Gasteiger charge is 2.47. The Labute approximate surface area is 99.1 Å². The van der Waals surface area contributed by atoms with E-state index in [2.05, 4.69) is 44.2 Å². The van der Waals surface area contributed by atoms with Crippen molar-refractivity contribution in [2.24, 2.45) is 23.7 Å². The Morgan fingerprint density at radius 1 is 1.12 bits per heavy atom. The van der Waals surface area contributed by atoms with E-state index < -0.39 is 0 Å². The van der Waals surface area contributed by atoms with Crippen molar-refractivity contribution in [3.63, 3.8) is 0 Å². The minimum Gasteiger partial charge on any atom is -0.0622 e. The Hall–Kier alpha value is -0.780. The Morgan fingerprint density at radius 2 is 1.88 bits per heavy atom. The molecule has 0 heteroatoms. The van der Waals surface area contributed by atoms with Gasteiger partial charge in [0.2, 0.25) is 0 Å². The summed E-state index contributed by atoms with van der Waals surface area (Å²) in [4.78, 5) is 0. The molecule has 0 heterocycles. The smallest absolute Gasteiger partial charge is 0.0159 e. The Bertz CT molecular complexity index is 354. The molecule has 1 aromatic rings. The molecule has 0 N–H and O–H groups in total. The van der Waals surface area contributed by atoms with Gasteiger partial charge in [-0.1, -0.05) is 44.2 Å². The van der Waals surface area contributed by atoms with E-state index in [9.17, 15) is 0 Å². The molecule has 0 aromatic heterocycles. The van der Waals surface area contributed by atoms with Gasteiger partial charge in [-0.05, 0) is 54.4 Å². The van der Waals surface area contributed by atoms with Crippen LogP contribution in [-0.2, 0) is 0 Å². The van der Waals surface area contributed by atoms with E-state index in [1.54, 1.807) is 5.56 Å². The van der Waals surface area contributed by atoms with Crippen LogP contribution >= 0.6 is 0 Å². The SMILES string of the molecule is CC1C2CCC1[C@@H]([C@@H](C)c1ccccc1)C2. The lowest BCUT2D eigenvalue weighted by molar-refractivity contribution is 0.282. The second-order valence-electron chi connectivity index (χ2n) is 5.96. The van der Waals surface area contributed by atoms with Crippen LogP contribution in [0.15, 0.2) is 30.3 Å². The van der Waals surface area contributed by atoms with Crippen LogP contribution in [0.4, 0.5) is 0 Å². The van der Waals surface area contributed by atoms with Crippen LogP contribution in [0.5, 0.6) is 0 Å². The summed E-state index contributed by atoms with van der Waals surface area (Å²) in [5.74, 6) is 4.77. The van der Waals surface area contributed by atoms with Crippen molar-refractivity contribution in [1.82, 2.24) is 0 Å². The lowest BCUT2D eigenvalue weighted by atomic mass is 9.77. The van der Waals surface area contributed by atoms with Crippen LogP contribution in [0, 0.1) is 23.7 Å². The molecule has 0 spiro atoms. The number of fused-ring (bicyclic) bond motifs is 2. The molecule has 0 nitrogen and oxygen atoms in total. The highest BCUT2D eigenvalue weighted by molar-refractivity contribution is 5.21. The van der Waals surface area contributed by atoms with Crippen LogP contribution in [-0.4, -0.2) is 0 Å². The summed E-state index contributed by atoms with van der Waals surface area (Å²) < 4.78 is 0. The highest BCUT2D eigenvalue weighted by atomic mass is 14.5. The predicted octanol–water partition coefficient (Wildman–Crippen LogP) is 4.47. The molecule has 2 aliphatic carbocycles. The van der Waals surface area contributed by atoms with Gasteiger partial charge in [0.1, 0.15) is 0 Å². The molecule has 5 atom stereocenters. The maximum atomic E-state index is 2.49. The Kier molecular flexibility index (Phi) is 2.53. The lowest BCUT2D eigenvalue weighted by Crippen LogP contribution is -2.18. The zero-order valence-corrected chi connectivity index (χ0v) is 10.4.